The summed E-state index contributed by atoms with van der Waals surface area (Å²) in [6.07, 6.45) is 0. The second kappa shape index (κ2) is 72.6. The summed E-state index contributed by atoms with van der Waals surface area (Å²) in [5, 5.41) is 29.7. The Balaban J connectivity index is -0.00000000852. The summed E-state index contributed by atoms with van der Waals surface area (Å²) in [6.45, 7) is 5.53. The third-order valence-corrected chi connectivity index (χ3v) is 0.167. The average molecular weight is 425 g/mol. The van der Waals surface area contributed by atoms with E-state index in [1.807, 2.05) is 0 Å². The fourth-order valence-corrected chi connectivity index (χ4v) is 0. The number of aliphatic carboxylic acids is 4. The van der Waals surface area contributed by atoms with Gasteiger partial charge >= 0.3 is 59.1 Å². The van der Waals surface area contributed by atoms with Gasteiger partial charge in [0.1, 0.15) is 0 Å². The normalized spacial score (nSPS) is 5.00. The molecule has 1 radical (unpaired) electrons. The Kier molecular flexibility index (Phi) is 200. The van der Waals surface area contributed by atoms with E-state index in [2.05, 4.69) is 0 Å². The van der Waals surface area contributed by atoms with E-state index in [9.17, 15) is 0 Å². The predicted molar refractivity (Wildman–Crippen MR) is 90.2 cm³/mol. The molecular formula is C10H32N2Na3O11. The van der Waals surface area contributed by atoms with Crippen LogP contribution in [0.4, 0.5) is 0 Å². The minimum Gasteiger partial charge on any atom is -1.00 e. The minimum atomic E-state index is -0.833. The Bertz CT molecular complexity index is 217. The maximum atomic E-state index is 9.00. The second-order valence-electron chi connectivity index (χ2n) is 2.65. The molecule has 151 valence electrons. The molecule has 0 aromatic rings. The fourth-order valence-electron chi connectivity index (χ4n) is 0. The van der Waals surface area contributed by atoms with Crippen molar-refractivity contribution in [2.75, 3.05) is 13.1 Å². The molecule has 0 saturated heterocycles. The van der Waals surface area contributed by atoms with Gasteiger partial charge in [0.05, 0.1) is 0 Å². The first-order valence-electron chi connectivity index (χ1n) is 5.03. The van der Waals surface area contributed by atoms with Crippen molar-refractivity contribution in [1.82, 2.24) is 0 Å². The molecule has 0 amide bonds. The molecule has 0 aliphatic heterocycles. The van der Waals surface area contributed by atoms with E-state index in [1.165, 1.54) is 0 Å². The Morgan fingerprint density at radius 3 is 0.654 bits per heavy atom. The van der Waals surface area contributed by atoms with Gasteiger partial charge in [0.25, 0.3) is 23.9 Å². The molecule has 0 unspecified atom stereocenters. The van der Waals surface area contributed by atoms with Crippen LogP contribution in [-0.2, 0) is 19.2 Å². The zero-order valence-corrected chi connectivity index (χ0v) is 22.5. The van der Waals surface area contributed by atoms with Gasteiger partial charge < -0.3 is 51.2 Å². The first-order chi connectivity index (χ1) is 8.84. The van der Waals surface area contributed by atoms with Crippen molar-refractivity contribution in [2.45, 2.75) is 27.7 Å². The summed E-state index contributed by atoms with van der Waals surface area (Å²) in [6, 6.07) is 0. The molecule has 14 N–H and O–H groups in total. The number of carboxylic acids is 4. The number of hydrogen-bond acceptors (Lipinski definition) is 6. The van der Waals surface area contributed by atoms with Crippen molar-refractivity contribution < 1.29 is 118 Å². The van der Waals surface area contributed by atoms with E-state index in [4.69, 9.17) is 51.1 Å². The van der Waals surface area contributed by atoms with Crippen molar-refractivity contribution >= 4 is 53.4 Å². The van der Waals surface area contributed by atoms with Crippen LogP contribution in [0.5, 0.6) is 0 Å². The van der Waals surface area contributed by atoms with Crippen molar-refractivity contribution in [3.05, 3.63) is 0 Å². The number of hydrogen-bond donors (Lipinski definition) is 6. The summed E-state index contributed by atoms with van der Waals surface area (Å²) in [5.41, 5.74) is 9.81. The van der Waals surface area contributed by atoms with Gasteiger partial charge in [-0.3, -0.25) is 19.2 Å². The van der Waals surface area contributed by atoms with Gasteiger partial charge in [-0.1, -0.05) is 0 Å². The second-order valence-corrected chi connectivity index (χ2v) is 2.65. The van der Waals surface area contributed by atoms with Crippen molar-refractivity contribution in [3.63, 3.8) is 0 Å². The average Bonchev–Trinajstić information content (AvgIpc) is 2.13. The van der Waals surface area contributed by atoms with E-state index < -0.39 is 23.9 Å². The molecule has 0 spiro atoms. The summed E-state index contributed by atoms with van der Waals surface area (Å²) in [5.74, 6) is -3.33. The van der Waals surface area contributed by atoms with Crippen LogP contribution in [0.2, 0.25) is 0 Å². The van der Waals surface area contributed by atoms with E-state index in [1.54, 1.807) is 0 Å². The maximum Gasteiger partial charge on any atom is 1.00 e. The molecule has 0 heterocycles. The van der Waals surface area contributed by atoms with Gasteiger partial charge in [-0.05, 0) is 0 Å². The van der Waals surface area contributed by atoms with Gasteiger partial charge in [-0.25, -0.2) is 0 Å². The van der Waals surface area contributed by atoms with Crippen LogP contribution in [0.25, 0.3) is 0 Å². The van der Waals surface area contributed by atoms with Crippen LogP contribution in [-0.4, -0.2) is 103 Å². The standard InChI is InChI=1S/C2H8N2.4C2H4O2.3Na.3H2O.2H/c3-1-2-4;4*1-2(3)4;;;;;;;;/h1-4H2;4*1H3,(H,3,4);;;;3*1H2;;/q;;;;;;2*+1;;;;2*-1. The molecule has 26 heavy (non-hydrogen) atoms. The van der Waals surface area contributed by atoms with Crippen LogP contribution < -0.4 is 70.6 Å². The molecule has 16 heteroatoms. The van der Waals surface area contributed by atoms with Crippen LogP contribution in [0.1, 0.15) is 30.5 Å². The Hall–Kier alpha value is 0.680. The zero-order valence-electron chi connectivity index (χ0n) is 18.5. The van der Waals surface area contributed by atoms with E-state index in [0.29, 0.717) is 13.1 Å². The third kappa shape index (κ3) is 4900. The van der Waals surface area contributed by atoms with Crippen LogP contribution in [0.3, 0.4) is 0 Å². The van der Waals surface area contributed by atoms with Crippen molar-refractivity contribution in [2.24, 2.45) is 11.5 Å². The summed E-state index contributed by atoms with van der Waals surface area (Å²) in [7, 11) is 0. The SMILES string of the molecule is CC(=O)O.CC(=O)O.CC(=O)O.CC(=O)O.NCCN.O.O.O.[H-].[H-].[Na+].[Na+].[Na]. The molecule has 0 fully saturated rings. The maximum absolute atomic E-state index is 9.00. The zero-order chi connectivity index (χ0) is 17.7. The molecule has 13 nitrogen and oxygen atoms in total. The Morgan fingerprint density at radius 2 is 0.654 bits per heavy atom. The van der Waals surface area contributed by atoms with Gasteiger partial charge in [0.2, 0.25) is 0 Å². The quantitative estimate of drug-likeness (QED) is 0.215. The molecule has 0 aliphatic carbocycles. The summed E-state index contributed by atoms with van der Waals surface area (Å²) in [4.78, 5) is 36.0. The monoisotopic (exact) mass is 425 g/mol. The largest absolute Gasteiger partial charge is 1.00 e. The number of carboxylic acid groups (broad SMARTS) is 4. The van der Waals surface area contributed by atoms with Crippen LogP contribution in [0.15, 0.2) is 0 Å². The number of rotatable bonds is 1. The summed E-state index contributed by atoms with van der Waals surface area (Å²) < 4.78 is 0. The fraction of sp³-hybridized carbons (Fsp3) is 0.600. The molecule has 0 rings (SSSR count). The first-order valence-corrected chi connectivity index (χ1v) is 5.03. The molecule has 0 aromatic carbocycles. The molecule has 0 aliphatic rings. The van der Waals surface area contributed by atoms with E-state index in [-0.39, 0.29) is 108 Å². The smallest absolute Gasteiger partial charge is 1.00 e. The molecular weight excluding hydrogens is 393 g/mol. The van der Waals surface area contributed by atoms with Gasteiger partial charge in [0.15, 0.2) is 0 Å². The van der Waals surface area contributed by atoms with Crippen molar-refractivity contribution in [1.29, 1.82) is 0 Å². The third-order valence-electron chi connectivity index (χ3n) is 0.167. The van der Waals surface area contributed by atoms with E-state index >= 15 is 0 Å². The number of nitrogens with two attached hydrogens (primary N) is 2. The van der Waals surface area contributed by atoms with Crippen molar-refractivity contribution in [3.8, 4) is 0 Å². The molecule has 0 bridgehead atoms. The van der Waals surface area contributed by atoms with Gasteiger partial charge in [-0.2, -0.15) is 0 Å². The summed E-state index contributed by atoms with van der Waals surface area (Å²) >= 11 is 0. The van der Waals surface area contributed by atoms with Gasteiger partial charge in [0, 0.05) is 70.3 Å². The topological polar surface area (TPSA) is 296 Å². The molecule has 0 saturated carbocycles. The first kappa shape index (κ1) is 71.6. The Morgan fingerprint density at radius 1 is 0.615 bits per heavy atom. The van der Waals surface area contributed by atoms with Crippen LogP contribution >= 0.6 is 0 Å². The Labute approximate surface area is 221 Å². The van der Waals surface area contributed by atoms with E-state index in [0.717, 1.165) is 27.7 Å². The molecule has 0 aromatic heterocycles. The number of carbonyl (C=O) groups is 4. The van der Waals surface area contributed by atoms with Gasteiger partial charge in [-0.15, -0.1) is 0 Å². The molecule has 0 atom stereocenters. The minimum absolute atomic E-state index is 0. The predicted octanol–water partition coefficient (Wildman–Crippen LogP) is -9.35. The van der Waals surface area contributed by atoms with Crippen LogP contribution in [0, 0.1) is 0 Å².